The zero-order valence-electron chi connectivity index (χ0n) is 11.7. The molecule has 6 heteroatoms. The molecule has 1 amide bonds. The number of anilines is 1. The average molecular weight is 305 g/mol. The molecular formula is C15H15NO4S. The number of rotatable bonds is 5. The number of ether oxygens (including phenoxy) is 1. The third-order valence-electron chi connectivity index (χ3n) is 2.70. The molecule has 110 valence electrons. The van der Waals surface area contributed by atoms with Crippen molar-refractivity contribution < 1.29 is 18.7 Å². The van der Waals surface area contributed by atoms with Crippen LogP contribution in [0.15, 0.2) is 45.9 Å². The summed E-state index contributed by atoms with van der Waals surface area (Å²) in [6.45, 7) is 1.47. The fourth-order valence-electron chi connectivity index (χ4n) is 1.73. The van der Waals surface area contributed by atoms with Crippen LogP contribution in [0.4, 0.5) is 5.69 Å². The molecular weight excluding hydrogens is 290 g/mol. The Morgan fingerprint density at radius 1 is 1.24 bits per heavy atom. The molecule has 1 aromatic heterocycles. The highest BCUT2D eigenvalue weighted by Crippen LogP contribution is 2.26. The highest BCUT2D eigenvalue weighted by atomic mass is 32.2. The van der Waals surface area contributed by atoms with Crippen molar-refractivity contribution in [2.75, 3.05) is 12.4 Å². The maximum absolute atomic E-state index is 11.5. The third kappa shape index (κ3) is 4.13. The summed E-state index contributed by atoms with van der Waals surface area (Å²) >= 11 is 1.53. The van der Waals surface area contributed by atoms with Crippen LogP contribution in [0.5, 0.6) is 0 Å². The molecule has 0 fully saturated rings. The second-order valence-corrected chi connectivity index (χ2v) is 5.29. The number of nitrogens with one attached hydrogen (secondary N) is 1. The predicted octanol–water partition coefficient (Wildman–Crippen LogP) is 3.32. The van der Waals surface area contributed by atoms with E-state index in [0.717, 1.165) is 10.6 Å². The van der Waals surface area contributed by atoms with Gasteiger partial charge in [-0.3, -0.25) is 4.79 Å². The molecule has 0 atom stereocenters. The molecule has 0 saturated carbocycles. The fourth-order valence-corrected chi connectivity index (χ4v) is 2.58. The lowest BCUT2D eigenvalue weighted by molar-refractivity contribution is -0.114. The second kappa shape index (κ2) is 6.99. The fraction of sp³-hybridized carbons (Fsp3) is 0.200. The van der Waals surface area contributed by atoms with Crippen molar-refractivity contribution in [3.05, 3.63) is 47.9 Å². The molecule has 0 aliphatic carbocycles. The van der Waals surface area contributed by atoms with Crippen LogP contribution in [0.3, 0.4) is 0 Å². The van der Waals surface area contributed by atoms with Crippen molar-refractivity contribution in [3.63, 3.8) is 0 Å². The lowest BCUT2D eigenvalue weighted by atomic mass is 10.3. The van der Waals surface area contributed by atoms with E-state index in [0.29, 0.717) is 17.1 Å². The summed E-state index contributed by atoms with van der Waals surface area (Å²) in [5.74, 6) is 0.601. The Morgan fingerprint density at radius 2 is 1.95 bits per heavy atom. The van der Waals surface area contributed by atoms with E-state index in [-0.39, 0.29) is 5.91 Å². The van der Waals surface area contributed by atoms with Gasteiger partial charge in [-0.2, -0.15) is 0 Å². The smallest absolute Gasteiger partial charge is 0.341 e. The van der Waals surface area contributed by atoms with Crippen LogP contribution in [-0.2, 0) is 15.3 Å². The number of benzene rings is 1. The van der Waals surface area contributed by atoms with E-state index in [1.54, 1.807) is 6.07 Å². The highest BCUT2D eigenvalue weighted by Gasteiger charge is 2.14. The van der Waals surface area contributed by atoms with Crippen molar-refractivity contribution in [2.45, 2.75) is 17.6 Å². The molecule has 0 bridgehead atoms. The van der Waals surface area contributed by atoms with Crippen molar-refractivity contribution in [2.24, 2.45) is 0 Å². The van der Waals surface area contributed by atoms with Crippen LogP contribution in [0.2, 0.25) is 0 Å². The number of methoxy groups -OCH3 is 1. The van der Waals surface area contributed by atoms with Crippen molar-refractivity contribution >= 4 is 29.3 Å². The van der Waals surface area contributed by atoms with E-state index >= 15 is 0 Å². The monoisotopic (exact) mass is 305 g/mol. The Labute approximate surface area is 126 Å². The molecule has 1 aromatic carbocycles. The Bertz CT molecular complexity index is 633. The van der Waals surface area contributed by atoms with Gasteiger partial charge in [-0.05, 0) is 30.3 Å². The summed E-state index contributed by atoms with van der Waals surface area (Å²) in [7, 11) is 1.34. The van der Waals surface area contributed by atoms with Gasteiger partial charge in [-0.25, -0.2) is 4.79 Å². The van der Waals surface area contributed by atoms with Crippen molar-refractivity contribution in [1.82, 2.24) is 0 Å². The average Bonchev–Trinajstić information content (AvgIpc) is 2.93. The minimum atomic E-state index is -0.402. The first-order valence-corrected chi connectivity index (χ1v) is 7.24. The van der Waals surface area contributed by atoms with Crippen molar-refractivity contribution in [3.8, 4) is 0 Å². The van der Waals surface area contributed by atoms with Crippen LogP contribution < -0.4 is 5.32 Å². The predicted molar refractivity (Wildman–Crippen MR) is 80.4 cm³/mol. The van der Waals surface area contributed by atoms with Gasteiger partial charge in [-0.1, -0.05) is 0 Å². The first-order valence-electron chi connectivity index (χ1n) is 6.25. The maximum atomic E-state index is 11.5. The van der Waals surface area contributed by atoms with Gasteiger partial charge < -0.3 is 14.5 Å². The molecule has 1 heterocycles. The van der Waals surface area contributed by atoms with Gasteiger partial charge in [0.1, 0.15) is 11.3 Å². The molecule has 21 heavy (non-hydrogen) atoms. The van der Waals surface area contributed by atoms with Gasteiger partial charge in [0.05, 0.1) is 19.1 Å². The number of amides is 1. The van der Waals surface area contributed by atoms with E-state index in [1.807, 2.05) is 24.3 Å². The summed E-state index contributed by atoms with van der Waals surface area (Å²) < 4.78 is 10.00. The number of carbonyl (C=O) groups is 2. The maximum Gasteiger partial charge on any atom is 0.341 e. The van der Waals surface area contributed by atoms with Gasteiger partial charge in [0.2, 0.25) is 5.91 Å². The van der Waals surface area contributed by atoms with E-state index < -0.39 is 5.97 Å². The Hall–Kier alpha value is -2.21. The van der Waals surface area contributed by atoms with Gasteiger partial charge in [0.25, 0.3) is 0 Å². The first kappa shape index (κ1) is 15.2. The van der Waals surface area contributed by atoms with E-state index in [2.05, 4.69) is 5.32 Å². The number of carbonyl (C=O) groups excluding carboxylic acids is 2. The third-order valence-corrected chi connectivity index (χ3v) is 3.71. The molecule has 2 rings (SSSR count). The standard InChI is InChI=1S/C15H15NO4S/c1-10(17)16-11-3-5-12(6-4-11)21-9-14-13(7-8-20-14)15(18)19-2/h3-8H,9H2,1-2H3,(H,16,17). The SMILES string of the molecule is COC(=O)c1ccoc1CSc1ccc(NC(C)=O)cc1. The number of hydrogen-bond donors (Lipinski definition) is 1. The topological polar surface area (TPSA) is 68.5 Å². The number of thioether (sulfide) groups is 1. The molecule has 0 saturated heterocycles. The number of furan rings is 1. The molecule has 0 aliphatic rings. The van der Waals surface area contributed by atoms with Crippen LogP contribution >= 0.6 is 11.8 Å². The molecule has 2 aromatic rings. The molecule has 0 radical (unpaired) electrons. The normalized spacial score (nSPS) is 10.2. The minimum absolute atomic E-state index is 0.103. The van der Waals surface area contributed by atoms with Crippen LogP contribution in [0, 0.1) is 0 Å². The van der Waals surface area contributed by atoms with Gasteiger partial charge in [-0.15, -0.1) is 11.8 Å². The number of hydrogen-bond acceptors (Lipinski definition) is 5. The first-order chi connectivity index (χ1) is 10.1. The van der Waals surface area contributed by atoms with Gasteiger partial charge >= 0.3 is 5.97 Å². The van der Waals surface area contributed by atoms with E-state index in [1.165, 1.54) is 32.1 Å². The molecule has 1 N–H and O–H groups in total. The zero-order valence-corrected chi connectivity index (χ0v) is 12.5. The summed E-state index contributed by atoms with van der Waals surface area (Å²) in [5, 5.41) is 2.71. The Balaban J connectivity index is 1.98. The van der Waals surface area contributed by atoms with Crippen LogP contribution in [0.25, 0.3) is 0 Å². The zero-order chi connectivity index (χ0) is 15.2. The van der Waals surface area contributed by atoms with Crippen LogP contribution in [0.1, 0.15) is 23.0 Å². The van der Waals surface area contributed by atoms with Crippen molar-refractivity contribution in [1.29, 1.82) is 0 Å². The lowest BCUT2D eigenvalue weighted by Crippen LogP contribution is -2.05. The summed E-state index contributed by atoms with van der Waals surface area (Å²) in [6.07, 6.45) is 1.47. The lowest BCUT2D eigenvalue weighted by Gasteiger charge is -2.04. The molecule has 0 unspecified atom stereocenters. The van der Waals surface area contributed by atoms with E-state index in [4.69, 9.17) is 9.15 Å². The van der Waals surface area contributed by atoms with Gasteiger partial charge in [0, 0.05) is 17.5 Å². The summed E-state index contributed by atoms with van der Waals surface area (Å²) in [5.41, 5.74) is 1.19. The molecule has 5 nitrogen and oxygen atoms in total. The molecule has 0 spiro atoms. The second-order valence-electron chi connectivity index (χ2n) is 4.24. The summed E-state index contributed by atoms with van der Waals surface area (Å²) in [6, 6.07) is 9.05. The summed E-state index contributed by atoms with van der Waals surface area (Å²) in [4.78, 5) is 23.5. The van der Waals surface area contributed by atoms with Gasteiger partial charge in [0.15, 0.2) is 0 Å². The van der Waals surface area contributed by atoms with E-state index in [9.17, 15) is 9.59 Å². The Morgan fingerprint density at radius 3 is 2.57 bits per heavy atom. The highest BCUT2D eigenvalue weighted by molar-refractivity contribution is 7.98. The Kier molecular flexibility index (Phi) is 5.05. The number of esters is 1. The quantitative estimate of drug-likeness (QED) is 0.678. The largest absolute Gasteiger partial charge is 0.468 e. The molecule has 0 aliphatic heterocycles. The minimum Gasteiger partial charge on any atom is -0.468 e. The van der Waals surface area contributed by atoms with Crippen LogP contribution in [-0.4, -0.2) is 19.0 Å².